The van der Waals surface area contributed by atoms with Crippen molar-refractivity contribution in [2.24, 2.45) is 10.8 Å². The van der Waals surface area contributed by atoms with Gasteiger partial charge in [-0.3, -0.25) is 0 Å². The van der Waals surface area contributed by atoms with Gasteiger partial charge in [0, 0.05) is 11.3 Å². The average Bonchev–Trinajstić information content (AvgIpc) is 3.18. The topological polar surface area (TPSA) is 0 Å². The highest BCUT2D eigenvalue weighted by atomic mass is 14.4. The Bertz CT molecular complexity index is 873. The molecule has 4 rings (SSSR count). The van der Waals surface area contributed by atoms with Crippen molar-refractivity contribution < 1.29 is 0 Å². The van der Waals surface area contributed by atoms with Crippen LogP contribution in [0.4, 0.5) is 0 Å². The van der Waals surface area contributed by atoms with Gasteiger partial charge in [0.2, 0.25) is 0 Å². The van der Waals surface area contributed by atoms with Crippen LogP contribution in [0.15, 0.2) is 77.4 Å². The van der Waals surface area contributed by atoms with E-state index in [-0.39, 0.29) is 10.8 Å². The fourth-order valence-corrected chi connectivity index (χ4v) is 4.53. The van der Waals surface area contributed by atoms with Gasteiger partial charge in [0.05, 0.1) is 0 Å². The van der Waals surface area contributed by atoms with Gasteiger partial charge < -0.3 is 0 Å². The minimum Gasteiger partial charge on any atom is -0.0763 e. The van der Waals surface area contributed by atoms with Crippen LogP contribution in [0.2, 0.25) is 0 Å². The second-order valence-electron chi connectivity index (χ2n) is 9.05. The number of hydrogen-bond acceptors (Lipinski definition) is 0. The second-order valence-corrected chi connectivity index (χ2v) is 9.05. The molecule has 1 unspecified atom stereocenters. The van der Waals surface area contributed by atoms with Crippen LogP contribution in [0.3, 0.4) is 0 Å². The molecular weight excluding hydrogens is 300 g/mol. The molecule has 1 atom stereocenters. The van der Waals surface area contributed by atoms with E-state index in [4.69, 9.17) is 0 Å². The molecule has 0 nitrogen and oxygen atoms in total. The summed E-state index contributed by atoms with van der Waals surface area (Å²) in [6.07, 6.45) is 15.0. The molecule has 0 heteroatoms. The first kappa shape index (κ1) is 16.4. The predicted octanol–water partition coefficient (Wildman–Crippen LogP) is 6.99. The standard InChI is InChI=1S/C25H28/c1-24(2,3)17-14-15-18(16-17)25(4,5)23-21-12-8-6-10-19(21)20-11-7-9-13-22(20)23/h6-13,15-16,19H,14H2,1-5H3. The lowest BCUT2D eigenvalue weighted by Gasteiger charge is -2.30. The molecule has 0 heterocycles. The molecule has 1 aromatic carbocycles. The van der Waals surface area contributed by atoms with Crippen molar-refractivity contribution in [1.82, 2.24) is 0 Å². The third kappa shape index (κ3) is 2.51. The Kier molecular flexibility index (Phi) is 3.58. The maximum atomic E-state index is 2.46. The molecule has 3 aliphatic rings. The van der Waals surface area contributed by atoms with Crippen LogP contribution >= 0.6 is 0 Å². The van der Waals surface area contributed by atoms with Gasteiger partial charge in [-0.1, -0.05) is 101 Å². The van der Waals surface area contributed by atoms with Crippen molar-refractivity contribution in [3.63, 3.8) is 0 Å². The normalized spacial score (nSPS) is 22.0. The van der Waals surface area contributed by atoms with E-state index >= 15 is 0 Å². The highest BCUT2D eigenvalue weighted by Gasteiger charge is 2.39. The summed E-state index contributed by atoms with van der Waals surface area (Å²) in [5, 5.41) is 0. The smallest absolute Gasteiger partial charge is 0.0281 e. The van der Waals surface area contributed by atoms with Crippen LogP contribution in [0, 0.1) is 10.8 Å². The van der Waals surface area contributed by atoms with E-state index in [9.17, 15) is 0 Å². The Labute approximate surface area is 152 Å². The van der Waals surface area contributed by atoms with Crippen LogP contribution in [-0.2, 0) is 0 Å². The highest BCUT2D eigenvalue weighted by Crippen LogP contribution is 2.55. The summed E-state index contributed by atoms with van der Waals surface area (Å²) >= 11 is 0. The lowest BCUT2D eigenvalue weighted by atomic mass is 9.73. The minimum absolute atomic E-state index is 0.0166. The predicted molar refractivity (Wildman–Crippen MR) is 108 cm³/mol. The fourth-order valence-electron chi connectivity index (χ4n) is 4.53. The van der Waals surface area contributed by atoms with Crippen molar-refractivity contribution in [2.75, 3.05) is 0 Å². The summed E-state index contributed by atoms with van der Waals surface area (Å²) in [6, 6.07) is 8.96. The summed E-state index contributed by atoms with van der Waals surface area (Å²) < 4.78 is 0. The van der Waals surface area contributed by atoms with Crippen molar-refractivity contribution >= 4 is 5.57 Å². The molecule has 0 bridgehead atoms. The molecule has 0 aromatic heterocycles. The second kappa shape index (κ2) is 5.46. The molecule has 0 fully saturated rings. The summed E-state index contributed by atoms with van der Waals surface area (Å²) in [4.78, 5) is 0. The van der Waals surface area contributed by atoms with Gasteiger partial charge in [0.25, 0.3) is 0 Å². The molecule has 25 heavy (non-hydrogen) atoms. The van der Waals surface area contributed by atoms with E-state index in [1.54, 1.807) is 5.57 Å². The first-order valence-electron chi connectivity index (χ1n) is 9.40. The van der Waals surface area contributed by atoms with Gasteiger partial charge in [-0.25, -0.2) is 0 Å². The van der Waals surface area contributed by atoms with Gasteiger partial charge in [0.1, 0.15) is 0 Å². The number of hydrogen-bond donors (Lipinski definition) is 0. The molecule has 0 saturated heterocycles. The highest BCUT2D eigenvalue weighted by molar-refractivity contribution is 5.87. The zero-order valence-corrected chi connectivity index (χ0v) is 16.1. The minimum atomic E-state index is 0.0166. The van der Waals surface area contributed by atoms with Crippen LogP contribution in [0.1, 0.15) is 58.1 Å². The first-order valence-corrected chi connectivity index (χ1v) is 9.40. The van der Waals surface area contributed by atoms with E-state index in [0.29, 0.717) is 5.92 Å². The number of fused-ring (bicyclic) bond motifs is 3. The van der Waals surface area contributed by atoms with E-state index in [1.807, 2.05) is 0 Å². The van der Waals surface area contributed by atoms with Crippen molar-refractivity contribution in [2.45, 2.75) is 47.0 Å². The average molecular weight is 328 g/mol. The van der Waals surface area contributed by atoms with Crippen LogP contribution < -0.4 is 0 Å². The van der Waals surface area contributed by atoms with E-state index in [1.165, 1.54) is 27.8 Å². The molecule has 0 saturated carbocycles. The number of allylic oxidation sites excluding steroid dienone is 10. The number of benzene rings is 1. The summed E-state index contributed by atoms with van der Waals surface area (Å²) in [7, 11) is 0. The molecular formula is C25H28. The summed E-state index contributed by atoms with van der Waals surface area (Å²) in [5.41, 5.74) is 9.15. The molecule has 0 amide bonds. The molecule has 128 valence electrons. The van der Waals surface area contributed by atoms with E-state index < -0.39 is 0 Å². The molecule has 0 N–H and O–H groups in total. The van der Waals surface area contributed by atoms with Gasteiger partial charge >= 0.3 is 0 Å². The Morgan fingerprint density at radius 1 is 0.960 bits per heavy atom. The maximum Gasteiger partial charge on any atom is 0.0281 e. The molecule has 0 radical (unpaired) electrons. The van der Waals surface area contributed by atoms with Crippen LogP contribution in [0.5, 0.6) is 0 Å². The Morgan fingerprint density at radius 2 is 1.72 bits per heavy atom. The fraction of sp³-hybridized carbons (Fsp3) is 0.360. The van der Waals surface area contributed by atoms with E-state index in [2.05, 4.69) is 95.3 Å². The zero-order valence-electron chi connectivity index (χ0n) is 16.1. The van der Waals surface area contributed by atoms with Gasteiger partial charge in [0.15, 0.2) is 0 Å². The Hall–Kier alpha value is -2.08. The monoisotopic (exact) mass is 328 g/mol. The van der Waals surface area contributed by atoms with Crippen molar-refractivity contribution in [1.29, 1.82) is 0 Å². The molecule has 1 aromatic rings. The SMILES string of the molecule is CC(C)(C)C1=CC(C(C)(C)C2=C3C=CC=CC3c3ccccc32)=CC1. The summed E-state index contributed by atoms with van der Waals surface area (Å²) in [5.74, 6) is 0.420. The number of rotatable bonds is 2. The lowest BCUT2D eigenvalue weighted by Crippen LogP contribution is -2.16. The van der Waals surface area contributed by atoms with Gasteiger partial charge in [-0.15, -0.1) is 0 Å². The lowest BCUT2D eigenvalue weighted by molar-refractivity contribution is 0.496. The molecule has 0 aliphatic heterocycles. The molecule has 0 spiro atoms. The largest absolute Gasteiger partial charge is 0.0763 e. The van der Waals surface area contributed by atoms with Gasteiger partial charge in [-0.05, 0) is 39.7 Å². The first-order chi connectivity index (χ1) is 11.8. The van der Waals surface area contributed by atoms with E-state index in [0.717, 1.165) is 6.42 Å². The third-order valence-electron chi connectivity index (χ3n) is 6.06. The molecule has 3 aliphatic carbocycles. The third-order valence-corrected chi connectivity index (χ3v) is 6.06. The van der Waals surface area contributed by atoms with Crippen LogP contribution in [-0.4, -0.2) is 0 Å². The van der Waals surface area contributed by atoms with Crippen molar-refractivity contribution in [3.8, 4) is 0 Å². The maximum absolute atomic E-state index is 2.46. The Morgan fingerprint density at radius 3 is 2.44 bits per heavy atom. The van der Waals surface area contributed by atoms with Crippen molar-refractivity contribution in [3.05, 3.63) is 88.6 Å². The van der Waals surface area contributed by atoms with Crippen LogP contribution in [0.25, 0.3) is 5.57 Å². The van der Waals surface area contributed by atoms with Gasteiger partial charge in [-0.2, -0.15) is 0 Å². The quantitative estimate of drug-likeness (QED) is 0.548. The Balaban J connectivity index is 1.84. The summed E-state index contributed by atoms with van der Waals surface area (Å²) in [6.45, 7) is 11.8. The zero-order chi connectivity index (χ0) is 17.8.